The number of rotatable bonds is 2. The highest BCUT2D eigenvalue weighted by molar-refractivity contribution is 7.11. The Morgan fingerprint density at radius 3 is 2.88 bits per heavy atom. The number of fused-ring (bicyclic) bond motifs is 1. The van der Waals surface area contributed by atoms with Crippen molar-refractivity contribution in [3.05, 3.63) is 50.7 Å². The molecule has 2 heterocycles. The first-order valence-corrected chi connectivity index (χ1v) is 6.84. The molecule has 0 radical (unpaired) electrons. The summed E-state index contributed by atoms with van der Waals surface area (Å²) in [6, 6.07) is 8.94. The van der Waals surface area contributed by atoms with Crippen molar-refractivity contribution in [2.75, 3.05) is 6.61 Å². The molecule has 2 aromatic rings. The summed E-state index contributed by atoms with van der Waals surface area (Å²) < 4.78 is 5.77. The lowest BCUT2D eigenvalue weighted by atomic mass is 10.0. The fourth-order valence-corrected chi connectivity index (χ4v) is 3.38. The highest BCUT2D eigenvalue weighted by atomic mass is 32.1. The van der Waals surface area contributed by atoms with Gasteiger partial charge in [0.15, 0.2) is 0 Å². The van der Waals surface area contributed by atoms with E-state index in [1.165, 1.54) is 26.4 Å². The minimum absolute atomic E-state index is 0.843. The molecule has 0 bridgehead atoms. The van der Waals surface area contributed by atoms with Gasteiger partial charge in [-0.25, -0.2) is 0 Å². The molecule has 17 heavy (non-hydrogen) atoms. The van der Waals surface area contributed by atoms with Crippen LogP contribution < -0.4 is 4.74 Å². The second kappa shape index (κ2) is 4.19. The molecule has 2 heteroatoms. The van der Waals surface area contributed by atoms with Crippen LogP contribution >= 0.6 is 11.3 Å². The highest BCUT2D eigenvalue weighted by Crippen LogP contribution is 2.33. The Labute approximate surface area is 106 Å². The molecular weight excluding hydrogens is 228 g/mol. The first kappa shape index (κ1) is 10.8. The summed E-state index contributed by atoms with van der Waals surface area (Å²) in [5.74, 6) is 1.14. The van der Waals surface area contributed by atoms with Gasteiger partial charge in [-0.1, -0.05) is 17.7 Å². The summed E-state index contributed by atoms with van der Waals surface area (Å²) in [6.45, 7) is 5.17. The number of hydrogen-bond donors (Lipinski definition) is 0. The molecule has 0 saturated carbocycles. The molecule has 1 aromatic heterocycles. The molecule has 0 saturated heterocycles. The summed E-state index contributed by atoms with van der Waals surface area (Å²) in [5, 5.41) is 0. The molecule has 0 fully saturated rings. The smallest absolute Gasteiger partial charge is 0.126 e. The molecule has 1 nitrogen and oxygen atoms in total. The molecule has 0 spiro atoms. The van der Waals surface area contributed by atoms with Gasteiger partial charge in [0, 0.05) is 22.6 Å². The van der Waals surface area contributed by atoms with E-state index in [2.05, 4.69) is 38.1 Å². The van der Waals surface area contributed by atoms with E-state index in [1.54, 1.807) is 0 Å². The van der Waals surface area contributed by atoms with Crippen LogP contribution in [0.3, 0.4) is 0 Å². The van der Waals surface area contributed by atoms with Gasteiger partial charge in [0.2, 0.25) is 0 Å². The molecule has 0 atom stereocenters. The van der Waals surface area contributed by atoms with Crippen molar-refractivity contribution >= 4 is 11.3 Å². The lowest BCUT2D eigenvalue weighted by molar-refractivity contribution is 0.354. The SMILES string of the molecule is Cc1cc2c(c(Cc3ccc(C)s3)c1)OCC2. The van der Waals surface area contributed by atoms with Crippen LogP contribution in [0.15, 0.2) is 24.3 Å². The van der Waals surface area contributed by atoms with E-state index in [0.29, 0.717) is 0 Å². The van der Waals surface area contributed by atoms with Gasteiger partial charge in [0.05, 0.1) is 6.61 Å². The molecule has 3 rings (SSSR count). The minimum atomic E-state index is 0.843. The number of hydrogen-bond acceptors (Lipinski definition) is 2. The van der Waals surface area contributed by atoms with Crippen LogP contribution in [-0.2, 0) is 12.8 Å². The molecule has 0 aliphatic carbocycles. The van der Waals surface area contributed by atoms with Crippen LogP contribution in [0, 0.1) is 13.8 Å². The average Bonchev–Trinajstić information content (AvgIpc) is 2.87. The van der Waals surface area contributed by atoms with Gasteiger partial charge in [-0.15, -0.1) is 11.3 Å². The normalized spacial score (nSPS) is 13.5. The van der Waals surface area contributed by atoms with Crippen LogP contribution in [0.4, 0.5) is 0 Å². The molecule has 0 unspecified atom stereocenters. The Kier molecular flexibility index (Phi) is 2.67. The fraction of sp³-hybridized carbons (Fsp3) is 0.333. The monoisotopic (exact) mass is 244 g/mol. The first-order chi connectivity index (χ1) is 8.22. The summed E-state index contributed by atoms with van der Waals surface area (Å²) in [4.78, 5) is 2.80. The molecule has 0 N–H and O–H groups in total. The Morgan fingerprint density at radius 1 is 1.24 bits per heavy atom. The maximum absolute atomic E-state index is 5.77. The zero-order valence-electron chi connectivity index (χ0n) is 10.2. The maximum Gasteiger partial charge on any atom is 0.126 e. The fourth-order valence-electron chi connectivity index (χ4n) is 2.46. The van der Waals surface area contributed by atoms with Crippen LogP contribution in [-0.4, -0.2) is 6.61 Å². The van der Waals surface area contributed by atoms with E-state index < -0.39 is 0 Å². The Bertz CT molecular complexity index is 554. The van der Waals surface area contributed by atoms with E-state index in [9.17, 15) is 0 Å². The standard InChI is InChI=1S/C15H16OS/c1-10-7-12-5-6-16-15(12)13(8-10)9-14-4-3-11(2)17-14/h3-4,7-8H,5-6,9H2,1-2H3. The zero-order valence-corrected chi connectivity index (χ0v) is 11.1. The van der Waals surface area contributed by atoms with Crippen molar-refractivity contribution < 1.29 is 4.74 Å². The third-order valence-corrected chi connectivity index (χ3v) is 4.17. The van der Waals surface area contributed by atoms with Gasteiger partial charge in [0.1, 0.15) is 5.75 Å². The van der Waals surface area contributed by atoms with Crippen molar-refractivity contribution in [2.45, 2.75) is 26.7 Å². The van der Waals surface area contributed by atoms with Crippen molar-refractivity contribution in [2.24, 2.45) is 0 Å². The first-order valence-electron chi connectivity index (χ1n) is 6.03. The van der Waals surface area contributed by atoms with E-state index in [0.717, 1.165) is 25.2 Å². The number of thiophene rings is 1. The molecular formula is C15H16OS. The Morgan fingerprint density at radius 2 is 2.12 bits per heavy atom. The van der Waals surface area contributed by atoms with Gasteiger partial charge >= 0.3 is 0 Å². The van der Waals surface area contributed by atoms with Gasteiger partial charge in [-0.05, 0) is 37.1 Å². The molecule has 1 aromatic carbocycles. The maximum atomic E-state index is 5.77. The lowest BCUT2D eigenvalue weighted by Gasteiger charge is -2.08. The predicted molar refractivity (Wildman–Crippen MR) is 72.2 cm³/mol. The average molecular weight is 244 g/mol. The van der Waals surface area contributed by atoms with Crippen molar-refractivity contribution in [3.8, 4) is 5.75 Å². The Balaban J connectivity index is 1.98. The second-order valence-electron chi connectivity index (χ2n) is 4.70. The third-order valence-electron chi connectivity index (χ3n) is 3.17. The summed E-state index contributed by atoms with van der Waals surface area (Å²) in [7, 11) is 0. The van der Waals surface area contributed by atoms with E-state index in [-0.39, 0.29) is 0 Å². The number of ether oxygens (including phenoxy) is 1. The van der Waals surface area contributed by atoms with Gasteiger partial charge < -0.3 is 4.74 Å². The Hall–Kier alpha value is -1.28. The van der Waals surface area contributed by atoms with Crippen molar-refractivity contribution in [1.29, 1.82) is 0 Å². The van der Waals surface area contributed by atoms with E-state index in [1.807, 2.05) is 11.3 Å². The quantitative estimate of drug-likeness (QED) is 0.778. The van der Waals surface area contributed by atoms with E-state index in [4.69, 9.17) is 4.74 Å². The molecule has 1 aliphatic rings. The van der Waals surface area contributed by atoms with Crippen LogP contribution in [0.5, 0.6) is 5.75 Å². The molecule has 88 valence electrons. The topological polar surface area (TPSA) is 9.23 Å². The van der Waals surface area contributed by atoms with Crippen LogP contribution in [0.2, 0.25) is 0 Å². The van der Waals surface area contributed by atoms with Gasteiger partial charge in [-0.3, -0.25) is 0 Å². The minimum Gasteiger partial charge on any atom is -0.493 e. The molecule has 1 aliphatic heterocycles. The third kappa shape index (κ3) is 2.09. The second-order valence-corrected chi connectivity index (χ2v) is 6.07. The van der Waals surface area contributed by atoms with Crippen LogP contribution in [0.25, 0.3) is 0 Å². The highest BCUT2D eigenvalue weighted by Gasteiger charge is 2.17. The summed E-state index contributed by atoms with van der Waals surface area (Å²) >= 11 is 1.88. The van der Waals surface area contributed by atoms with Crippen molar-refractivity contribution in [1.82, 2.24) is 0 Å². The number of benzene rings is 1. The van der Waals surface area contributed by atoms with E-state index >= 15 is 0 Å². The van der Waals surface area contributed by atoms with Crippen molar-refractivity contribution in [3.63, 3.8) is 0 Å². The van der Waals surface area contributed by atoms with Crippen LogP contribution in [0.1, 0.15) is 26.4 Å². The lowest BCUT2D eigenvalue weighted by Crippen LogP contribution is -1.93. The predicted octanol–water partition coefficient (Wildman–Crippen LogP) is 3.89. The van der Waals surface area contributed by atoms with Gasteiger partial charge in [0.25, 0.3) is 0 Å². The largest absolute Gasteiger partial charge is 0.493 e. The molecule has 0 amide bonds. The zero-order chi connectivity index (χ0) is 11.8. The summed E-state index contributed by atoms with van der Waals surface area (Å²) in [5.41, 5.74) is 4.07. The van der Waals surface area contributed by atoms with Gasteiger partial charge in [-0.2, -0.15) is 0 Å². The summed E-state index contributed by atoms with van der Waals surface area (Å²) in [6.07, 6.45) is 2.07. The number of aryl methyl sites for hydroxylation is 2.